The standard InChI is InChI=1S/C22H29N3O3/c1-3-5-15-28-20-10-7-6-9-19(20)25-22(27)16-23-17-11-13-18(14-12-17)24-21(26)8-4-2/h6-7,9-14,23H,3-5,8,15-16H2,1-2H3,(H,24,26)(H,25,27). The minimum Gasteiger partial charge on any atom is -0.491 e. The lowest BCUT2D eigenvalue weighted by Gasteiger charge is -2.13. The van der Waals surface area contributed by atoms with Crippen LogP contribution in [0.4, 0.5) is 17.1 Å². The molecule has 0 aliphatic rings. The van der Waals surface area contributed by atoms with Crippen LogP contribution in [0.5, 0.6) is 5.75 Å². The lowest BCUT2D eigenvalue weighted by atomic mass is 10.2. The number of amides is 2. The maximum absolute atomic E-state index is 12.3. The lowest BCUT2D eigenvalue weighted by Crippen LogP contribution is -2.22. The summed E-state index contributed by atoms with van der Waals surface area (Å²) in [5, 5.41) is 8.79. The van der Waals surface area contributed by atoms with Gasteiger partial charge < -0.3 is 20.7 Å². The average molecular weight is 383 g/mol. The number of para-hydroxylation sites is 2. The van der Waals surface area contributed by atoms with Crippen molar-refractivity contribution in [2.45, 2.75) is 39.5 Å². The second-order valence-electron chi connectivity index (χ2n) is 6.48. The largest absolute Gasteiger partial charge is 0.491 e. The summed E-state index contributed by atoms with van der Waals surface area (Å²) in [6.07, 6.45) is 3.34. The van der Waals surface area contributed by atoms with Gasteiger partial charge in [-0.25, -0.2) is 0 Å². The Labute approximate surface area is 166 Å². The van der Waals surface area contributed by atoms with Gasteiger partial charge in [0.05, 0.1) is 18.8 Å². The van der Waals surface area contributed by atoms with Crippen LogP contribution in [-0.2, 0) is 9.59 Å². The molecule has 2 rings (SSSR count). The van der Waals surface area contributed by atoms with E-state index in [2.05, 4.69) is 22.9 Å². The minimum atomic E-state index is -0.160. The molecule has 2 amide bonds. The number of hydrogen-bond donors (Lipinski definition) is 3. The van der Waals surface area contributed by atoms with E-state index < -0.39 is 0 Å². The van der Waals surface area contributed by atoms with Crippen LogP contribution in [0, 0.1) is 0 Å². The molecule has 0 spiro atoms. The highest BCUT2D eigenvalue weighted by Crippen LogP contribution is 2.24. The van der Waals surface area contributed by atoms with Gasteiger partial charge in [-0.15, -0.1) is 0 Å². The first-order chi connectivity index (χ1) is 13.6. The first-order valence-electron chi connectivity index (χ1n) is 9.77. The molecule has 2 aromatic carbocycles. The van der Waals surface area contributed by atoms with E-state index in [1.807, 2.05) is 55.5 Å². The van der Waals surface area contributed by atoms with Crippen molar-refractivity contribution < 1.29 is 14.3 Å². The number of unbranched alkanes of at least 4 members (excludes halogenated alkanes) is 1. The Morgan fingerprint density at radius 3 is 2.29 bits per heavy atom. The number of benzene rings is 2. The summed E-state index contributed by atoms with van der Waals surface area (Å²) in [5.74, 6) is 0.519. The normalized spacial score (nSPS) is 10.2. The zero-order chi connectivity index (χ0) is 20.2. The van der Waals surface area contributed by atoms with E-state index in [0.717, 1.165) is 30.6 Å². The highest BCUT2D eigenvalue weighted by atomic mass is 16.5. The van der Waals surface area contributed by atoms with E-state index in [1.165, 1.54) is 0 Å². The van der Waals surface area contributed by atoms with Gasteiger partial charge in [-0.3, -0.25) is 9.59 Å². The quantitative estimate of drug-likeness (QED) is 0.493. The number of carbonyl (C=O) groups excluding carboxylic acids is 2. The van der Waals surface area contributed by atoms with E-state index in [0.29, 0.717) is 24.5 Å². The third-order valence-electron chi connectivity index (χ3n) is 4.02. The molecule has 3 N–H and O–H groups in total. The van der Waals surface area contributed by atoms with Crippen molar-refractivity contribution in [1.29, 1.82) is 0 Å². The van der Waals surface area contributed by atoms with Gasteiger partial charge in [-0.2, -0.15) is 0 Å². The molecule has 28 heavy (non-hydrogen) atoms. The van der Waals surface area contributed by atoms with E-state index >= 15 is 0 Å². The predicted octanol–water partition coefficient (Wildman–Crippen LogP) is 4.65. The summed E-state index contributed by atoms with van der Waals surface area (Å²) in [4.78, 5) is 23.9. The van der Waals surface area contributed by atoms with Crippen LogP contribution in [0.15, 0.2) is 48.5 Å². The Hall–Kier alpha value is -3.02. The van der Waals surface area contributed by atoms with Gasteiger partial charge in [0.1, 0.15) is 5.75 Å². The maximum Gasteiger partial charge on any atom is 0.243 e. The molecule has 0 aliphatic carbocycles. The average Bonchev–Trinajstić information content (AvgIpc) is 2.69. The summed E-state index contributed by atoms with van der Waals surface area (Å²) in [5.41, 5.74) is 2.21. The van der Waals surface area contributed by atoms with Crippen LogP contribution < -0.4 is 20.7 Å². The van der Waals surface area contributed by atoms with Gasteiger partial charge in [-0.05, 0) is 49.2 Å². The van der Waals surface area contributed by atoms with Crippen molar-refractivity contribution in [3.63, 3.8) is 0 Å². The summed E-state index contributed by atoms with van der Waals surface area (Å²) in [7, 11) is 0. The van der Waals surface area contributed by atoms with Crippen LogP contribution in [0.2, 0.25) is 0 Å². The molecule has 6 heteroatoms. The zero-order valence-electron chi connectivity index (χ0n) is 16.6. The molecule has 0 unspecified atom stereocenters. The van der Waals surface area contributed by atoms with Crippen molar-refractivity contribution >= 4 is 28.9 Å². The molecule has 0 saturated heterocycles. The van der Waals surface area contributed by atoms with Crippen LogP contribution in [0.1, 0.15) is 39.5 Å². The first kappa shape index (κ1) is 21.3. The van der Waals surface area contributed by atoms with Gasteiger partial charge in [0.25, 0.3) is 0 Å². The van der Waals surface area contributed by atoms with Crippen LogP contribution >= 0.6 is 0 Å². The smallest absolute Gasteiger partial charge is 0.243 e. The van der Waals surface area contributed by atoms with E-state index in [-0.39, 0.29) is 18.4 Å². The van der Waals surface area contributed by atoms with E-state index in [9.17, 15) is 9.59 Å². The van der Waals surface area contributed by atoms with Gasteiger partial charge in [0.2, 0.25) is 11.8 Å². The SMILES string of the molecule is CCCCOc1ccccc1NC(=O)CNc1ccc(NC(=O)CCC)cc1. The summed E-state index contributed by atoms with van der Waals surface area (Å²) in [6.45, 7) is 4.83. The van der Waals surface area contributed by atoms with Gasteiger partial charge in [0, 0.05) is 17.8 Å². The predicted molar refractivity (Wildman–Crippen MR) is 114 cm³/mol. The van der Waals surface area contributed by atoms with Crippen molar-refractivity contribution in [2.75, 3.05) is 29.1 Å². The van der Waals surface area contributed by atoms with Crippen molar-refractivity contribution in [2.24, 2.45) is 0 Å². The molecule has 0 heterocycles. The van der Waals surface area contributed by atoms with Crippen LogP contribution in [-0.4, -0.2) is 25.0 Å². The Bertz CT molecular complexity index is 760. The Kier molecular flexibility index (Phi) is 8.85. The topological polar surface area (TPSA) is 79.5 Å². The van der Waals surface area contributed by atoms with Crippen LogP contribution in [0.3, 0.4) is 0 Å². The fourth-order valence-electron chi connectivity index (χ4n) is 2.52. The molecule has 150 valence electrons. The van der Waals surface area contributed by atoms with Gasteiger partial charge >= 0.3 is 0 Å². The summed E-state index contributed by atoms with van der Waals surface area (Å²) >= 11 is 0. The third kappa shape index (κ3) is 7.31. The molecule has 0 fully saturated rings. The minimum absolute atomic E-state index is 0.00223. The van der Waals surface area contributed by atoms with Gasteiger partial charge in [-0.1, -0.05) is 32.4 Å². The highest BCUT2D eigenvalue weighted by molar-refractivity contribution is 5.95. The molecule has 0 atom stereocenters. The molecule has 2 aromatic rings. The van der Waals surface area contributed by atoms with Crippen molar-refractivity contribution in [3.05, 3.63) is 48.5 Å². The van der Waals surface area contributed by atoms with E-state index in [4.69, 9.17) is 4.74 Å². The number of carbonyl (C=O) groups is 2. The van der Waals surface area contributed by atoms with Gasteiger partial charge in [0.15, 0.2) is 0 Å². The molecule has 0 aromatic heterocycles. The molecule has 0 aliphatic heterocycles. The van der Waals surface area contributed by atoms with Crippen molar-refractivity contribution in [1.82, 2.24) is 0 Å². The fraction of sp³-hybridized carbons (Fsp3) is 0.364. The molecule has 0 bridgehead atoms. The summed E-state index contributed by atoms with van der Waals surface area (Å²) in [6, 6.07) is 14.7. The van der Waals surface area contributed by atoms with Crippen LogP contribution in [0.25, 0.3) is 0 Å². The first-order valence-corrected chi connectivity index (χ1v) is 9.77. The lowest BCUT2D eigenvalue weighted by molar-refractivity contribution is -0.116. The monoisotopic (exact) mass is 383 g/mol. The third-order valence-corrected chi connectivity index (χ3v) is 4.02. The Morgan fingerprint density at radius 2 is 1.57 bits per heavy atom. The second-order valence-corrected chi connectivity index (χ2v) is 6.48. The molecular weight excluding hydrogens is 354 g/mol. The fourth-order valence-corrected chi connectivity index (χ4v) is 2.52. The number of anilines is 3. The highest BCUT2D eigenvalue weighted by Gasteiger charge is 2.08. The second kappa shape index (κ2) is 11.6. The van der Waals surface area contributed by atoms with E-state index in [1.54, 1.807) is 0 Å². The Balaban J connectivity index is 1.83. The summed E-state index contributed by atoms with van der Waals surface area (Å²) < 4.78 is 5.73. The number of rotatable bonds is 11. The van der Waals surface area contributed by atoms with Crippen molar-refractivity contribution in [3.8, 4) is 5.75 Å². The maximum atomic E-state index is 12.3. The molecule has 0 radical (unpaired) electrons. The number of nitrogens with one attached hydrogen (secondary N) is 3. The molecule has 0 saturated carbocycles. The molecule has 6 nitrogen and oxygen atoms in total. The molecular formula is C22H29N3O3. The number of ether oxygens (including phenoxy) is 1. The Morgan fingerprint density at radius 1 is 0.857 bits per heavy atom. The zero-order valence-corrected chi connectivity index (χ0v) is 16.6. The number of hydrogen-bond acceptors (Lipinski definition) is 4.